The first-order chi connectivity index (χ1) is 12.5. The summed E-state index contributed by atoms with van der Waals surface area (Å²) >= 11 is 0. The summed E-state index contributed by atoms with van der Waals surface area (Å²) in [7, 11) is 0. The summed E-state index contributed by atoms with van der Waals surface area (Å²) in [5.74, 6) is 1.68. The van der Waals surface area contributed by atoms with Crippen molar-refractivity contribution in [1.29, 1.82) is 0 Å². The molecule has 0 spiro atoms. The molecule has 0 aromatic heterocycles. The number of carbonyl (C=O) groups is 2. The highest BCUT2D eigenvalue weighted by Gasteiger charge is 2.51. The normalized spacial score (nSPS) is 31.6. The molecular weight excluding hydrogens is 328 g/mol. The number of amides is 2. The Morgan fingerprint density at radius 1 is 1.00 bits per heavy atom. The topological polar surface area (TPSA) is 78.4 Å². The molecule has 3 N–H and O–H groups in total. The van der Waals surface area contributed by atoms with Gasteiger partial charge in [0.25, 0.3) is 0 Å². The second-order valence-corrected chi connectivity index (χ2v) is 8.72. The highest BCUT2D eigenvalue weighted by Crippen LogP contribution is 2.55. The van der Waals surface area contributed by atoms with Gasteiger partial charge in [-0.15, -0.1) is 0 Å². The van der Waals surface area contributed by atoms with Crippen molar-refractivity contribution in [2.24, 2.45) is 17.8 Å². The fourth-order valence-corrected chi connectivity index (χ4v) is 5.87. The van der Waals surface area contributed by atoms with Crippen LogP contribution in [0.1, 0.15) is 56.9 Å². The van der Waals surface area contributed by atoms with Gasteiger partial charge in [0.15, 0.2) is 0 Å². The summed E-state index contributed by atoms with van der Waals surface area (Å²) in [5, 5.41) is 15.0. The monoisotopic (exact) mass is 356 g/mol. The van der Waals surface area contributed by atoms with Crippen molar-refractivity contribution in [1.82, 2.24) is 5.32 Å². The summed E-state index contributed by atoms with van der Waals surface area (Å²) in [5.41, 5.74) is 1.91. The van der Waals surface area contributed by atoms with Crippen molar-refractivity contribution < 1.29 is 14.7 Å². The van der Waals surface area contributed by atoms with E-state index in [2.05, 4.69) is 10.6 Å². The number of carbonyl (C=O) groups excluding carboxylic acids is 1. The molecule has 5 nitrogen and oxygen atoms in total. The van der Waals surface area contributed by atoms with Crippen LogP contribution in [0.3, 0.4) is 0 Å². The largest absolute Gasteiger partial charge is 0.481 e. The zero-order valence-electron chi connectivity index (χ0n) is 15.2. The number of urea groups is 1. The minimum atomic E-state index is -0.760. The van der Waals surface area contributed by atoms with E-state index < -0.39 is 5.97 Å². The molecular formula is C21H28N2O3. The number of benzene rings is 1. The van der Waals surface area contributed by atoms with Crippen LogP contribution in [0.25, 0.3) is 0 Å². The van der Waals surface area contributed by atoms with E-state index in [4.69, 9.17) is 5.11 Å². The second-order valence-electron chi connectivity index (χ2n) is 8.72. The van der Waals surface area contributed by atoms with Crippen molar-refractivity contribution in [2.75, 3.05) is 5.32 Å². The van der Waals surface area contributed by atoms with E-state index in [1.807, 2.05) is 24.3 Å². The minimum Gasteiger partial charge on any atom is -0.481 e. The molecule has 0 heterocycles. The van der Waals surface area contributed by atoms with Gasteiger partial charge >= 0.3 is 12.0 Å². The molecule has 5 rings (SSSR count). The summed E-state index contributed by atoms with van der Waals surface area (Å²) in [6.45, 7) is 0. The van der Waals surface area contributed by atoms with Crippen molar-refractivity contribution in [2.45, 2.75) is 63.3 Å². The molecule has 1 aromatic rings. The Morgan fingerprint density at radius 3 is 2.12 bits per heavy atom. The molecule has 4 bridgehead atoms. The molecule has 0 aliphatic heterocycles. The first-order valence-corrected chi connectivity index (χ1v) is 9.90. The molecule has 0 unspecified atom stereocenters. The average Bonchev–Trinajstić information content (AvgIpc) is 2.54. The smallest absolute Gasteiger partial charge is 0.319 e. The first kappa shape index (κ1) is 17.4. The molecule has 0 radical (unpaired) electrons. The number of aliphatic carboxylic acids is 1. The predicted octanol–water partition coefficient (Wildman–Crippen LogP) is 4.18. The maximum atomic E-state index is 12.5. The van der Waals surface area contributed by atoms with Gasteiger partial charge in [-0.1, -0.05) is 12.1 Å². The SMILES string of the molecule is O=C(O)CCCc1ccc(NC(=O)NC23CC4CC(CC(C4)C2)C3)cc1. The maximum Gasteiger partial charge on any atom is 0.319 e. The van der Waals surface area contributed by atoms with E-state index in [0.717, 1.165) is 54.7 Å². The molecule has 140 valence electrons. The zero-order chi connectivity index (χ0) is 18.1. The number of hydrogen-bond acceptors (Lipinski definition) is 2. The predicted molar refractivity (Wildman–Crippen MR) is 100 cm³/mol. The van der Waals surface area contributed by atoms with Gasteiger partial charge < -0.3 is 15.7 Å². The van der Waals surface area contributed by atoms with E-state index in [-0.39, 0.29) is 18.0 Å². The Bertz CT molecular complexity index is 648. The van der Waals surface area contributed by atoms with Crippen LogP contribution in [0.2, 0.25) is 0 Å². The summed E-state index contributed by atoms with van der Waals surface area (Å²) < 4.78 is 0. The Hall–Kier alpha value is -2.04. The minimum absolute atomic E-state index is 0.0234. The zero-order valence-corrected chi connectivity index (χ0v) is 15.2. The lowest BCUT2D eigenvalue weighted by Crippen LogP contribution is -2.60. The lowest BCUT2D eigenvalue weighted by molar-refractivity contribution is -0.137. The molecule has 4 aliphatic rings. The van der Waals surface area contributed by atoms with Gasteiger partial charge in [0.1, 0.15) is 0 Å². The van der Waals surface area contributed by atoms with Gasteiger partial charge in [-0.2, -0.15) is 0 Å². The highest BCUT2D eigenvalue weighted by molar-refractivity contribution is 5.89. The Kier molecular flexibility index (Phi) is 4.63. The molecule has 4 aliphatic carbocycles. The maximum absolute atomic E-state index is 12.5. The number of aryl methyl sites for hydroxylation is 1. The third-order valence-electron chi connectivity index (χ3n) is 6.48. The van der Waals surface area contributed by atoms with Crippen LogP contribution >= 0.6 is 0 Å². The van der Waals surface area contributed by atoms with Gasteiger partial charge in [0.2, 0.25) is 0 Å². The van der Waals surface area contributed by atoms with Crippen LogP contribution in [0, 0.1) is 17.8 Å². The number of carboxylic acid groups (broad SMARTS) is 1. The lowest BCUT2D eigenvalue weighted by atomic mass is 9.53. The van der Waals surface area contributed by atoms with Crippen molar-refractivity contribution in [3.63, 3.8) is 0 Å². The molecule has 26 heavy (non-hydrogen) atoms. The van der Waals surface area contributed by atoms with Crippen molar-refractivity contribution >= 4 is 17.7 Å². The first-order valence-electron chi connectivity index (χ1n) is 9.90. The van der Waals surface area contributed by atoms with Gasteiger partial charge in [-0.05, 0) is 86.8 Å². The molecule has 2 amide bonds. The van der Waals surface area contributed by atoms with Crippen LogP contribution in [-0.4, -0.2) is 22.6 Å². The quantitative estimate of drug-likeness (QED) is 0.715. The number of carboxylic acids is 1. The van der Waals surface area contributed by atoms with Gasteiger partial charge in [-0.3, -0.25) is 4.79 Å². The summed E-state index contributed by atoms with van der Waals surface area (Å²) in [6, 6.07) is 7.63. The third-order valence-corrected chi connectivity index (χ3v) is 6.48. The van der Waals surface area contributed by atoms with Crippen LogP contribution in [-0.2, 0) is 11.2 Å². The number of anilines is 1. The second kappa shape index (κ2) is 6.93. The lowest BCUT2D eigenvalue weighted by Gasteiger charge is -2.56. The Balaban J connectivity index is 1.30. The fourth-order valence-electron chi connectivity index (χ4n) is 5.87. The van der Waals surface area contributed by atoms with Crippen LogP contribution < -0.4 is 10.6 Å². The van der Waals surface area contributed by atoms with E-state index >= 15 is 0 Å². The summed E-state index contributed by atoms with van der Waals surface area (Å²) in [6.07, 6.45) is 9.11. The molecule has 0 atom stereocenters. The molecule has 1 aromatic carbocycles. The molecule has 0 saturated heterocycles. The van der Waals surface area contributed by atoms with Crippen LogP contribution in [0.15, 0.2) is 24.3 Å². The van der Waals surface area contributed by atoms with E-state index in [9.17, 15) is 9.59 Å². The van der Waals surface area contributed by atoms with E-state index in [1.165, 1.54) is 19.3 Å². The molecule has 5 heteroatoms. The molecule has 4 saturated carbocycles. The van der Waals surface area contributed by atoms with E-state index in [0.29, 0.717) is 6.42 Å². The number of nitrogens with one attached hydrogen (secondary N) is 2. The van der Waals surface area contributed by atoms with Gasteiger partial charge in [-0.25, -0.2) is 4.79 Å². The van der Waals surface area contributed by atoms with Gasteiger partial charge in [0, 0.05) is 17.6 Å². The third kappa shape index (κ3) is 3.87. The standard InChI is InChI=1S/C21H28N2O3/c24-19(25)3-1-2-14-4-6-18(7-5-14)22-20(26)23-21-11-15-8-16(12-21)10-17(9-15)13-21/h4-7,15-17H,1-3,8-13H2,(H,24,25)(H2,22,23,26). The van der Waals surface area contributed by atoms with E-state index in [1.54, 1.807) is 0 Å². The Labute approximate surface area is 154 Å². The highest BCUT2D eigenvalue weighted by atomic mass is 16.4. The summed E-state index contributed by atoms with van der Waals surface area (Å²) in [4.78, 5) is 23.1. The number of rotatable bonds is 6. The van der Waals surface area contributed by atoms with Crippen molar-refractivity contribution in [3.05, 3.63) is 29.8 Å². The van der Waals surface area contributed by atoms with Crippen molar-refractivity contribution in [3.8, 4) is 0 Å². The van der Waals surface area contributed by atoms with Crippen LogP contribution in [0.5, 0.6) is 0 Å². The number of hydrogen-bond donors (Lipinski definition) is 3. The van der Waals surface area contributed by atoms with Crippen LogP contribution in [0.4, 0.5) is 10.5 Å². The average molecular weight is 356 g/mol. The molecule has 4 fully saturated rings. The van der Waals surface area contributed by atoms with Gasteiger partial charge in [0.05, 0.1) is 0 Å². The fraction of sp³-hybridized carbons (Fsp3) is 0.619. The Morgan fingerprint density at radius 2 is 1.58 bits per heavy atom.